The van der Waals surface area contributed by atoms with Crippen LogP contribution in [-0.2, 0) is 9.53 Å². The predicted octanol–water partition coefficient (Wildman–Crippen LogP) is 5.16. The number of rotatable bonds is 10. The molecule has 1 aromatic heterocycles. The monoisotopic (exact) mass is 451 g/mol. The minimum Gasteiger partial charge on any atom is -0.497 e. The summed E-state index contributed by atoms with van der Waals surface area (Å²) in [7, 11) is 4.78. The Hall–Kier alpha value is -3.74. The molecule has 33 heavy (non-hydrogen) atoms. The summed E-state index contributed by atoms with van der Waals surface area (Å²) < 4.78 is 27.4. The maximum atomic E-state index is 12.2. The van der Waals surface area contributed by atoms with Crippen molar-refractivity contribution in [1.82, 2.24) is 4.98 Å². The van der Waals surface area contributed by atoms with Crippen LogP contribution in [0, 0.1) is 0 Å². The third-order valence-corrected chi connectivity index (χ3v) is 5.08. The van der Waals surface area contributed by atoms with Crippen LogP contribution in [0.25, 0.3) is 22.5 Å². The second-order valence-electron chi connectivity index (χ2n) is 7.11. The van der Waals surface area contributed by atoms with Crippen LogP contribution in [0.4, 0.5) is 0 Å². The lowest BCUT2D eigenvalue weighted by molar-refractivity contribution is -0.151. The number of hydrogen-bond donors (Lipinski definition) is 0. The van der Waals surface area contributed by atoms with E-state index in [9.17, 15) is 4.79 Å². The Labute approximate surface area is 194 Å². The van der Waals surface area contributed by atoms with Crippen LogP contribution < -0.4 is 18.9 Å². The van der Waals surface area contributed by atoms with Crippen molar-refractivity contribution >= 4 is 5.97 Å². The zero-order valence-electron chi connectivity index (χ0n) is 19.6. The second kappa shape index (κ2) is 11.2. The van der Waals surface area contributed by atoms with Gasteiger partial charge in [0.15, 0.2) is 17.6 Å². The number of ether oxygens (including phenoxy) is 5. The van der Waals surface area contributed by atoms with Crippen LogP contribution in [0.5, 0.6) is 23.0 Å². The molecule has 0 fully saturated rings. The van der Waals surface area contributed by atoms with Crippen molar-refractivity contribution in [2.24, 2.45) is 0 Å². The Balaban J connectivity index is 1.98. The molecule has 1 unspecified atom stereocenters. The number of nitrogens with zero attached hydrogens (tertiary/aromatic N) is 1. The van der Waals surface area contributed by atoms with Gasteiger partial charge >= 0.3 is 5.97 Å². The second-order valence-corrected chi connectivity index (χ2v) is 7.11. The quantitative estimate of drug-likeness (QED) is 0.394. The third-order valence-electron chi connectivity index (χ3n) is 5.08. The SMILES string of the molecule is CCOC(=O)C(CC)Oc1cc(-c2cccc(-c3ccc(OC)cc3OC)n2)ccc1OC. The normalized spacial score (nSPS) is 11.4. The molecule has 0 spiro atoms. The smallest absolute Gasteiger partial charge is 0.347 e. The molecule has 0 amide bonds. The summed E-state index contributed by atoms with van der Waals surface area (Å²) in [5.74, 6) is 1.94. The van der Waals surface area contributed by atoms with Gasteiger partial charge in [-0.1, -0.05) is 13.0 Å². The molecule has 174 valence electrons. The summed E-state index contributed by atoms with van der Waals surface area (Å²) >= 11 is 0. The number of esters is 1. The molecule has 0 aliphatic heterocycles. The fourth-order valence-electron chi connectivity index (χ4n) is 3.37. The van der Waals surface area contributed by atoms with E-state index in [1.807, 2.05) is 55.5 Å². The van der Waals surface area contributed by atoms with E-state index >= 15 is 0 Å². The first-order chi connectivity index (χ1) is 16.0. The van der Waals surface area contributed by atoms with E-state index < -0.39 is 12.1 Å². The molecule has 2 aromatic carbocycles. The Kier molecular flexibility index (Phi) is 8.13. The summed E-state index contributed by atoms with van der Waals surface area (Å²) in [5, 5.41) is 0. The van der Waals surface area contributed by atoms with Crippen LogP contribution in [0.1, 0.15) is 20.3 Å². The topological polar surface area (TPSA) is 76.1 Å². The molecule has 7 heteroatoms. The van der Waals surface area contributed by atoms with Gasteiger partial charge in [-0.15, -0.1) is 0 Å². The predicted molar refractivity (Wildman–Crippen MR) is 126 cm³/mol. The van der Waals surface area contributed by atoms with Gasteiger partial charge < -0.3 is 23.7 Å². The molecule has 3 aromatic rings. The molecule has 0 saturated heterocycles. The van der Waals surface area contributed by atoms with Crippen molar-refractivity contribution in [3.05, 3.63) is 54.6 Å². The average molecular weight is 452 g/mol. The third kappa shape index (κ3) is 5.55. The molecule has 0 bridgehead atoms. The van der Waals surface area contributed by atoms with E-state index in [0.29, 0.717) is 36.0 Å². The molecule has 0 aliphatic carbocycles. The van der Waals surface area contributed by atoms with Crippen molar-refractivity contribution in [2.75, 3.05) is 27.9 Å². The molecule has 0 aliphatic rings. The van der Waals surface area contributed by atoms with Gasteiger partial charge in [0.2, 0.25) is 0 Å². The molecule has 0 radical (unpaired) electrons. The lowest BCUT2D eigenvalue weighted by Crippen LogP contribution is -2.28. The zero-order chi connectivity index (χ0) is 23.8. The summed E-state index contributed by atoms with van der Waals surface area (Å²) in [4.78, 5) is 17.0. The van der Waals surface area contributed by atoms with E-state index in [-0.39, 0.29) is 0 Å². The van der Waals surface area contributed by atoms with Crippen molar-refractivity contribution in [3.8, 4) is 45.5 Å². The van der Waals surface area contributed by atoms with Crippen LogP contribution in [-0.4, -0.2) is 45.0 Å². The van der Waals surface area contributed by atoms with Crippen LogP contribution in [0.3, 0.4) is 0 Å². The van der Waals surface area contributed by atoms with E-state index in [1.54, 1.807) is 34.3 Å². The number of carbonyl (C=O) groups is 1. The zero-order valence-corrected chi connectivity index (χ0v) is 19.6. The lowest BCUT2D eigenvalue weighted by Gasteiger charge is -2.18. The number of benzene rings is 2. The highest BCUT2D eigenvalue weighted by Gasteiger charge is 2.22. The highest BCUT2D eigenvalue weighted by atomic mass is 16.6. The van der Waals surface area contributed by atoms with Gasteiger partial charge in [0.05, 0.1) is 39.3 Å². The molecule has 3 rings (SSSR count). The van der Waals surface area contributed by atoms with Crippen LogP contribution in [0.2, 0.25) is 0 Å². The van der Waals surface area contributed by atoms with Gasteiger partial charge in [-0.05, 0) is 55.8 Å². The number of hydrogen-bond acceptors (Lipinski definition) is 7. The Morgan fingerprint density at radius 3 is 2.27 bits per heavy atom. The van der Waals surface area contributed by atoms with Crippen molar-refractivity contribution in [2.45, 2.75) is 26.4 Å². The number of methoxy groups -OCH3 is 3. The molecule has 1 heterocycles. The fraction of sp³-hybridized carbons (Fsp3) is 0.308. The van der Waals surface area contributed by atoms with Crippen LogP contribution >= 0.6 is 0 Å². The number of carbonyl (C=O) groups excluding carboxylic acids is 1. The molecule has 1 atom stereocenters. The molecule has 0 N–H and O–H groups in total. The van der Waals surface area contributed by atoms with Crippen molar-refractivity contribution in [3.63, 3.8) is 0 Å². The van der Waals surface area contributed by atoms with Gasteiger partial charge in [0.1, 0.15) is 11.5 Å². The maximum Gasteiger partial charge on any atom is 0.347 e. The first kappa shape index (κ1) is 23.9. The van der Waals surface area contributed by atoms with Crippen molar-refractivity contribution in [1.29, 1.82) is 0 Å². The van der Waals surface area contributed by atoms with Crippen molar-refractivity contribution < 1.29 is 28.5 Å². The van der Waals surface area contributed by atoms with Gasteiger partial charge in [-0.3, -0.25) is 0 Å². The minimum atomic E-state index is -0.725. The Morgan fingerprint density at radius 1 is 0.848 bits per heavy atom. The van der Waals surface area contributed by atoms with E-state index in [4.69, 9.17) is 28.7 Å². The highest BCUT2D eigenvalue weighted by molar-refractivity contribution is 5.76. The van der Waals surface area contributed by atoms with Crippen LogP contribution in [0.15, 0.2) is 54.6 Å². The van der Waals surface area contributed by atoms with Gasteiger partial charge in [0.25, 0.3) is 0 Å². The highest BCUT2D eigenvalue weighted by Crippen LogP contribution is 2.36. The molecule has 0 saturated carbocycles. The summed E-state index contributed by atoms with van der Waals surface area (Å²) in [5.41, 5.74) is 3.16. The summed E-state index contributed by atoms with van der Waals surface area (Å²) in [6.45, 7) is 3.93. The number of aromatic nitrogens is 1. The Morgan fingerprint density at radius 2 is 1.61 bits per heavy atom. The first-order valence-electron chi connectivity index (χ1n) is 10.8. The van der Waals surface area contributed by atoms with E-state index in [0.717, 1.165) is 22.5 Å². The molecular weight excluding hydrogens is 422 g/mol. The maximum absolute atomic E-state index is 12.2. The number of pyridine rings is 1. The fourth-order valence-corrected chi connectivity index (χ4v) is 3.37. The average Bonchev–Trinajstić information content (AvgIpc) is 2.86. The molecule has 7 nitrogen and oxygen atoms in total. The largest absolute Gasteiger partial charge is 0.497 e. The molecular formula is C26H29NO6. The summed E-state index contributed by atoms with van der Waals surface area (Å²) in [6, 6.07) is 16.9. The van der Waals surface area contributed by atoms with E-state index in [2.05, 4.69) is 0 Å². The van der Waals surface area contributed by atoms with E-state index in [1.165, 1.54) is 0 Å². The standard InChI is InChI=1S/C26H29NO6/c1-6-22(26(28)32-7-2)33-25-15-17(11-14-23(25)30-4)20-9-8-10-21(27-20)19-13-12-18(29-3)16-24(19)31-5/h8-16,22H,6-7H2,1-5H3. The van der Waals surface area contributed by atoms with Gasteiger partial charge in [-0.2, -0.15) is 0 Å². The van der Waals surface area contributed by atoms with Gasteiger partial charge in [-0.25, -0.2) is 9.78 Å². The lowest BCUT2D eigenvalue weighted by atomic mass is 10.1. The summed E-state index contributed by atoms with van der Waals surface area (Å²) in [6.07, 6.45) is -0.256. The van der Waals surface area contributed by atoms with Gasteiger partial charge in [0, 0.05) is 17.2 Å². The Bertz CT molecular complexity index is 1100. The minimum absolute atomic E-state index is 0.293. The first-order valence-corrected chi connectivity index (χ1v) is 10.8.